The van der Waals surface area contributed by atoms with Crippen molar-refractivity contribution < 1.29 is 4.74 Å². The highest BCUT2D eigenvalue weighted by Crippen LogP contribution is 2.19. The van der Waals surface area contributed by atoms with E-state index in [0.29, 0.717) is 0 Å². The molecule has 102 valence electrons. The van der Waals surface area contributed by atoms with Crippen LogP contribution in [0.4, 0.5) is 0 Å². The number of benzene rings is 1. The molecule has 0 radical (unpaired) electrons. The first-order valence-corrected chi connectivity index (χ1v) is 7.56. The van der Waals surface area contributed by atoms with E-state index in [1.54, 1.807) is 0 Å². The van der Waals surface area contributed by atoms with Gasteiger partial charge >= 0.3 is 0 Å². The summed E-state index contributed by atoms with van der Waals surface area (Å²) in [4.78, 5) is 1.31. The lowest BCUT2D eigenvalue weighted by atomic mass is 10.2. The minimum absolute atomic E-state index is 0.0315. The summed E-state index contributed by atoms with van der Waals surface area (Å²) < 4.78 is 5.70. The zero-order valence-electron chi connectivity index (χ0n) is 12.0. The molecule has 1 N–H and O–H groups in total. The van der Waals surface area contributed by atoms with Gasteiger partial charge in [-0.3, -0.25) is 0 Å². The van der Waals surface area contributed by atoms with E-state index in [0.717, 1.165) is 25.4 Å². The van der Waals surface area contributed by atoms with Gasteiger partial charge in [-0.05, 0) is 45.0 Å². The zero-order valence-corrected chi connectivity index (χ0v) is 12.8. The van der Waals surface area contributed by atoms with Crippen LogP contribution < -0.4 is 5.32 Å². The van der Waals surface area contributed by atoms with Crippen LogP contribution >= 0.6 is 11.8 Å². The second-order valence-corrected chi connectivity index (χ2v) is 6.40. The van der Waals surface area contributed by atoms with Crippen molar-refractivity contribution in [2.75, 3.05) is 18.9 Å². The van der Waals surface area contributed by atoms with E-state index < -0.39 is 0 Å². The molecule has 0 saturated heterocycles. The fourth-order valence-corrected chi connectivity index (χ4v) is 2.21. The Morgan fingerprint density at radius 2 is 1.83 bits per heavy atom. The van der Waals surface area contributed by atoms with Crippen LogP contribution in [0.25, 0.3) is 0 Å². The third-order valence-corrected chi connectivity index (χ3v) is 3.37. The predicted molar refractivity (Wildman–Crippen MR) is 80.3 cm³/mol. The number of hydrogen-bond donors (Lipinski definition) is 1. The van der Waals surface area contributed by atoms with Crippen LogP contribution in [0, 0.1) is 0 Å². The number of rotatable bonds is 7. The predicted octanol–water partition coefficient (Wildman–Crippen LogP) is 3.70. The van der Waals surface area contributed by atoms with Crippen molar-refractivity contribution in [3.05, 3.63) is 29.8 Å². The number of thioether (sulfide) groups is 1. The van der Waals surface area contributed by atoms with E-state index in [1.807, 2.05) is 11.8 Å². The van der Waals surface area contributed by atoms with Gasteiger partial charge < -0.3 is 10.1 Å². The lowest BCUT2D eigenvalue weighted by Gasteiger charge is -2.19. The lowest BCUT2D eigenvalue weighted by molar-refractivity contribution is 0.00695. The van der Waals surface area contributed by atoms with Gasteiger partial charge in [-0.15, -0.1) is 11.8 Å². The fraction of sp³-hybridized carbons (Fsp3) is 0.600. The molecule has 0 aromatic heterocycles. The smallest absolute Gasteiger partial charge is 0.0598 e. The molecule has 18 heavy (non-hydrogen) atoms. The van der Waals surface area contributed by atoms with E-state index in [4.69, 9.17) is 4.74 Å². The Morgan fingerprint density at radius 3 is 2.39 bits per heavy atom. The van der Waals surface area contributed by atoms with Crippen molar-refractivity contribution >= 4 is 11.8 Å². The summed E-state index contributed by atoms with van der Waals surface area (Å²) in [6, 6.07) is 8.76. The van der Waals surface area contributed by atoms with Gasteiger partial charge in [-0.2, -0.15) is 0 Å². The molecule has 2 nitrogen and oxygen atoms in total. The molecule has 3 heteroatoms. The highest BCUT2D eigenvalue weighted by Gasteiger charge is 2.08. The molecule has 0 saturated carbocycles. The Kier molecular flexibility index (Phi) is 6.76. The number of ether oxygens (including phenoxy) is 1. The quantitative estimate of drug-likeness (QED) is 0.601. The monoisotopic (exact) mass is 267 g/mol. The molecular formula is C15H25NOS. The standard InChI is InChI=1S/C15H25NOS/c1-5-16-12-13-6-8-14(9-7-13)18-11-10-17-15(2,3)4/h6-9,16H,5,10-12H2,1-4H3. The average Bonchev–Trinajstić information content (AvgIpc) is 2.32. The molecule has 1 aromatic carbocycles. The fourth-order valence-electron chi connectivity index (χ4n) is 1.48. The highest BCUT2D eigenvalue weighted by molar-refractivity contribution is 7.99. The average molecular weight is 267 g/mol. The lowest BCUT2D eigenvalue weighted by Crippen LogP contribution is -2.20. The van der Waals surface area contributed by atoms with Gasteiger partial charge in [-0.1, -0.05) is 19.1 Å². The molecular weight excluding hydrogens is 242 g/mol. The Morgan fingerprint density at radius 1 is 1.17 bits per heavy atom. The largest absolute Gasteiger partial charge is 0.375 e. The van der Waals surface area contributed by atoms with Crippen LogP contribution in [0.5, 0.6) is 0 Å². The molecule has 1 aromatic rings. The van der Waals surface area contributed by atoms with Crippen molar-refractivity contribution in [2.45, 2.75) is 44.7 Å². The molecule has 0 amide bonds. The van der Waals surface area contributed by atoms with Gasteiger partial charge in [0.15, 0.2) is 0 Å². The summed E-state index contributed by atoms with van der Waals surface area (Å²) in [5, 5.41) is 3.33. The third-order valence-electron chi connectivity index (χ3n) is 2.39. The van der Waals surface area contributed by atoms with Gasteiger partial charge in [-0.25, -0.2) is 0 Å². The van der Waals surface area contributed by atoms with Gasteiger partial charge in [0.05, 0.1) is 12.2 Å². The first-order chi connectivity index (χ1) is 8.51. The van der Waals surface area contributed by atoms with Crippen LogP contribution in [0.2, 0.25) is 0 Å². The topological polar surface area (TPSA) is 21.3 Å². The van der Waals surface area contributed by atoms with Gasteiger partial charge in [0.25, 0.3) is 0 Å². The van der Waals surface area contributed by atoms with Crippen molar-refractivity contribution in [3.63, 3.8) is 0 Å². The molecule has 0 spiro atoms. The summed E-state index contributed by atoms with van der Waals surface area (Å²) in [7, 11) is 0. The van der Waals surface area contributed by atoms with Crippen molar-refractivity contribution in [1.29, 1.82) is 0 Å². The first kappa shape index (κ1) is 15.5. The summed E-state index contributed by atoms with van der Waals surface area (Å²) in [6.45, 7) is 11.2. The van der Waals surface area contributed by atoms with E-state index in [1.165, 1.54) is 10.5 Å². The second kappa shape index (κ2) is 7.82. The van der Waals surface area contributed by atoms with Crippen LogP contribution in [0.1, 0.15) is 33.3 Å². The highest BCUT2D eigenvalue weighted by atomic mass is 32.2. The molecule has 0 atom stereocenters. The maximum atomic E-state index is 5.70. The summed E-state index contributed by atoms with van der Waals surface area (Å²) in [6.07, 6.45) is 0. The van der Waals surface area contributed by atoms with Crippen molar-refractivity contribution in [3.8, 4) is 0 Å². The Labute approximate surface area is 116 Å². The van der Waals surface area contributed by atoms with Crippen LogP contribution in [0.15, 0.2) is 29.2 Å². The van der Waals surface area contributed by atoms with Crippen LogP contribution in [-0.4, -0.2) is 24.5 Å². The minimum Gasteiger partial charge on any atom is -0.375 e. The SMILES string of the molecule is CCNCc1ccc(SCCOC(C)(C)C)cc1. The Hall–Kier alpha value is -0.510. The Balaban J connectivity index is 2.26. The number of nitrogens with one attached hydrogen (secondary N) is 1. The second-order valence-electron chi connectivity index (χ2n) is 5.23. The minimum atomic E-state index is -0.0315. The van der Waals surface area contributed by atoms with Gasteiger partial charge in [0.1, 0.15) is 0 Å². The van der Waals surface area contributed by atoms with Crippen LogP contribution in [0.3, 0.4) is 0 Å². The first-order valence-electron chi connectivity index (χ1n) is 6.57. The summed E-state index contributed by atoms with van der Waals surface area (Å²) in [5.41, 5.74) is 1.31. The van der Waals surface area contributed by atoms with Crippen LogP contribution in [-0.2, 0) is 11.3 Å². The molecule has 0 bridgehead atoms. The Bertz CT molecular complexity index is 329. The molecule has 0 aliphatic rings. The van der Waals surface area contributed by atoms with E-state index in [-0.39, 0.29) is 5.60 Å². The zero-order chi connectivity index (χ0) is 13.4. The molecule has 0 heterocycles. The third kappa shape index (κ3) is 7.04. The maximum absolute atomic E-state index is 5.70. The normalized spacial score (nSPS) is 11.8. The molecule has 0 aliphatic heterocycles. The molecule has 0 aliphatic carbocycles. The summed E-state index contributed by atoms with van der Waals surface area (Å²) in [5.74, 6) is 1.00. The van der Waals surface area contributed by atoms with Gasteiger partial charge in [0, 0.05) is 17.2 Å². The molecule has 0 fully saturated rings. The van der Waals surface area contributed by atoms with E-state index >= 15 is 0 Å². The van der Waals surface area contributed by atoms with Crippen molar-refractivity contribution in [2.24, 2.45) is 0 Å². The number of hydrogen-bond acceptors (Lipinski definition) is 3. The molecule has 0 unspecified atom stereocenters. The summed E-state index contributed by atoms with van der Waals surface area (Å²) >= 11 is 1.85. The maximum Gasteiger partial charge on any atom is 0.0598 e. The van der Waals surface area contributed by atoms with Gasteiger partial charge in [0.2, 0.25) is 0 Å². The van der Waals surface area contributed by atoms with E-state index in [9.17, 15) is 0 Å². The van der Waals surface area contributed by atoms with Crippen molar-refractivity contribution in [1.82, 2.24) is 5.32 Å². The van der Waals surface area contributed by atoms with E-state index in [2.05, 4.69) is 57.3 Å². The molecule has 1 rings (SSSR count).